The predicted molar refractivity (Wildman–Crippen MR) is 158 cm³/mol. The van der Waals surface area contributed by atoms with Crippen LogP contribution < -0.4 is 14.8 Å². The maximum Gasteiger partial charge on any atom is 0.258 e. The molecule has 1 fully saturated rings. The lowest BCUT2D eigenvalue weighted by Crippen LogP contribution is -2.50. The van der Waals surface area contributed by atoms with Crippen molar-refractivity contribution in [1.82, 2.24) is 0 Å². The van der Waals surface area contributed by atoms with Crippen molar-refractivity contribution in [3.8, 4) is 5.75 Å². The summed E-state index contributed by atoms with van der Waals surface area (Å²) < 4.78 is 27.1. The van der Waals surface area contributed by atoms with Crippen molar-refractivity contribution < 1.29 is 18.3 Å². The molecule has 206 valence electrons. The molecule has 0 radical (unpaired) electrons. The zero-order valence-corrected chi connectivity index (χ0v) is 26.0. The Morgan fingerprint density at radius 2 is 1.61 bits per heavy atom. The third-order valence-corrected chi connectivity index (χ3v) is 15.5. The van der Waals surface area contributed by atoms with E-state index < -0.39 is 13.9 Å². The standard InChI is InChI=1S/C30H39BrFNO4Si/c1-18(2)38(19(3)4,20(5)6)37-25-16-26-27(28(31)21(25)7)29(34)24(17-36-26)33-14-12-30(35,13-15-33)22-8-10-23(32)11-9-22/h8-11,16-20,35H,12-15H2,1-7H3. The van der Waals surface area contributed by atoms with Crippen LogP contribution in [0.1, 0.15) is 65.5 Å². The summed E-state index contributed by atoms with van der Waals surface area (Å²) in [6.07, 6.45) is 2.38. The van der Waals surface area contributed by atoms with Crippen LogP contribution in [-0.4, -0.2) is 26.5 Å². The molecule has 0 saturated carbocycles. The Hall–Kier alpha value is -2.16. The Labute approximate surface area is 234 Å². The van der Waals surface area contributed by atoms with Gasteiger partial charge in [-0.05, 0) is 70.0 Å². The van der Waals surface area contributed by atoms with Gasteiger partial charge in [-0.15, -0.1) is 0 Å². The number of halogens is 2. The Morgan fingerprint density at radius 1 is 1.05 bits per heavy atom. The molecule has 0 spiro atoms. The van der Waals surface area contributed by atoms with Crippen molar-refractivity contribution in [2.75, 3.05) is 18.0 Å². The second kappa shape index (κ2) is 10.8. The molecule has 5 nitrogen and oxygen atoms in total. The van der Waals surface area contributed by atoms with Crippen LogP contribution in [0.4, 0.5) is 10.1 Å². The van der Waals surface area contributed by atoms with Gasteiger partial charge in [-0.1, -0.05) is 53.7 Å². The first kappa shape index (κ1) is 28.8. The zero-order chi connectivity index (χ0) is 28.0. The average molecular weight is 605 g/mol. The predicted octanol–water partition coefficient (Wildman–Crippen LogP) is 8.05. The maximum absolute atomic E-state index is 13.7. The van der Waals surface area contributed by atoms with E-state index >= 15 is 0 Å². The molecule has 0 atom stereocenters. The van der Waals surface area contributed by atoms with Gasteiger partial charge in [-0.3, -0.25) is 4.79 Å². The minimum atomic E-state index is -2.20. The minimum absolute atomic E-state index is 0.111. The number of hydrogen-bond acceptors (Lipinski definition) is 5. The van der Waals surface area contributed by atoms with Gasteiger partial charge < -0.3 is 18.8 Å². The highest BCUT2D eigenvalue weighted by molar-refractivity contribution is 9.10. The summed E-state index contributed by atoms with van der Waals surface area (Å²) in [5.74, 6) is 0.439. The van der Waals surface area contributed by atoms with Gasteiger partial charge in [0, 0.05) is 29.2 Å². The molecule has 0 aliphatic carbocycles. The van der Waals surface area contributed by atoms with E-state index in [-0.39, 0.29) is 11.2 Å². The second-order valence-electron chi connectivity index (χ2n) is 11.6. The van der Waals surface area contributed by atoms with Gasteiger partial charge in [0.2, 0.25) is 5.43 Å². The van der Waals surface area contributed by atoms with Gasteiger partial charge in [0.25, 0.3) is 8.32 Å². The first-order valence-corrected chi connectivity index (χ1v) is 16.4. The van der Waals surface area contributed by atoms with Gasteiger partial charge in [-0.25, -0.2) is 4.39 Å². The molecule has 0 amide bonds. The lowest BCUT2D eigenvalue weighted by Gasteiger charge is -2.42. The van der Waals surface area contributed by atoms with Gasteiger partial charge >= 0.3 is 0 Å². The Balaban J connectivity index is 1.67. The van der Waals surface area contributed by atoms with Crippen LogP contribution in [0, 0.1) is 12.7 Å². The van der Waals surface area contributed by atoms with E-state index in [1.165, 1.54) is 18.4 Å². The van der Waals surface area contributed by atoms with Crippen LogP contribution in [0.15, 0.2) is 50.3 Å². The molecule has 4 rings (SSSR count). The lowest BCUT2D eigenvalue weighted by atomic mass is 9.84. The number of benzene rings is 2. The van der Waals surface area contributed by atoms with Gasteiger partial charge in [-0.2, -0.15) is 0 Å². The van der Waals surface area contributed by atoms with Crippen LogP contribution in [-0.2, 0) is 5.60 Å². The molecule has 38 heavy (non-hydrogen) atoms. The number of aliphatic hydroxyl groups is 1. The summed E-state index contributed by atoms with van der Waals surface area (Å²) in [6.45, 7) is 16.4. The summed E-state index contributed by atoms with van der Waals surface area (Å²) in [6, 6.07) is 7.87. The smallest absolute Gasteiger partial charge is 0.258 e. The molecule has 1 aromatic heterocycles. The van der Waals surface area contributed by atoms with E-state index in [4.69, 9.17) is 8.84 Å². The average Bonchev–Trinajstić information content (AvgIpc) is 2.85. The molecular weight excluding hydrogens is 565 g/mol. The molecule has 3 aromatic rings. The van der Waals surface area contributed by atoms with E-state index in [1.807, 2.05) is 17.9 Å². The van der Waals surface area contributed by atoms with Gasteiger partial charge in [0.15, 0.2) is 0 Å². The van der Waals surface area contributed by atoms with Crippen LogP contribution in [0.5, 0.6) is 5.75 Å². The highest BCUT2D eigenvalue weighted by Gasteiger charge is 2.47. The first-order valence-electron chi connectivity index (χ1n) is 13.5. The molecule has 0 unspecified atom stereocenters. The van der Waals surface area contributed by atoms with E-state index in [1.54, 1.807) is 12.1 Å². The van der Waals surface area contributed by atoms with E-state index in [0.29, 0.717) is 69.2 Å². The Morgan fingerprint density at radius 3 is 2.13 bits per heavy atom. The third kappa shape index (κ3) is 4.95. The van der Waals surface area contributed by atoms with Gasteiger partial charge in [0.05, 0.1) is 11.0 Å². The van der Waals surface area contributed by atoms with Crippen molar-refractivity contribution in [2.24, 2.45) is 0 Å². The van der Waals surface area contributed by atoms with E-state index in [0.717, 1.165) is 11.3 Å². The quantitative estimate of drug-likeness (QED) is 0.277. The summed E-state index contributed by atoms with van der Waals surface area (Å²) in [5, 5.41) is 11.7. The summed E-state index contributed by atoms with van der Waals surface area (Å²) in [7, 11) is -2.20. The van der Waals surface area contributed by atoms with Crippen LogP contribution >= 0.6 is 15.9 Å². The number of hydrogen-bond donors (Lipinski definition) is 1. The zero-order valence-electron chi connectivity index (χ0n) is 23.4. The SMILES string of the molecule is Cc1c(O[Si](C(C)C)(C(C)C)C(C)C)cc2occ(N3CCC(O)(c4ccc(F)cc4)CC3)c(=O)c2c1Br. The fraction of sp³-hybridized carbons (Fsp3) is 0.500. The van der Waals surface area contributed by atoms with Crippen molar-refractivity contribution in [1.29, 1.82) is 0 Å². The maximum atomic E-state index is 13.7. The lowest BCUT2D eigenvalue weighted by molar-refractivity contribution is 0.0116. The highest BCUT2D eigenvalue weighted by Crippen LogP contribution is 2.45. The molecule has 2 aromatic carbocycles. The van der Waals surface area contributed by atoms with Crippen molar-refractivity contribution in [3.63, 3.8) is 0 Å². The van der Waals surface area contributed by atoms with Crippen LogP contribution in [0.3, 0.4) is 0 Å². The number of piperidine rings is 1. The summed E-state index contributed by atoms with van der Waals surface area (Å²) in [5.41, 5.74) is 2.64. The molecule has 1 saturated heterocycles. The fourth-order valence-electron chi connectivity index (χ4n) is 6.34. The molecule has 1 N–H and O–H groups in total. The molecule has 8 heteroatoms. The molecule has 0 bridgehead atoms. The first-order chi connectivity index (χ1) is 17.8. The number of anilines is 1. The topological polar surface area (TPSA) is 62.9 Å². The summed E-state index contributed by atoms with van der Waals surface area (Å²) in [4.78, 5) is 15.7. The van der Waals surface area contributed by atoms with E-state index in [9.17, 15) is 14.3 Å². The van der Waals surface area contributed by atoms with Crippen molar-refractivity contribution in [2.45, 2.75) is 83.5 Å². The van der Waals surface area contributed by atoms with Gasteiger partial charge in [0.1, 0.15) is 29.1 Å². The molecule has 1 aliphatic heterocycles. The third-order valence-electron chi connectivity index (χ3n) is 8.49. The normalized spacial score (nSPS) is 16.2. The Kier molecular flexibility index (Phi) is 8.18. The second-order valence-corrected chi connectivity index (χ2v) is 17.8. The largest absolute Gasteiger partial charge is 0.542 e. The molecular formula is C30H39BrFNO4Si. The van der Waals surface area contributed by atoms with Crippen molar-refractivity contribution >= 4 is 40.9 Å². The van der Waals surface area contributed by atoms with Crippen LogP contribution in [0.2, 0.25) is 16.6 Å². The minimum Gasteiger partial charge on any atom is -0.542 e. The van der Waals surface area contributed by atoms with Crippen molar-refractivity contribution in [3.05, 3.63) is 68.2 Å². The monoisotopic (exact) mass is 603 g/mol. The Bertz CT molecular complexity index is 1340. The number of fused-ring (bicyclic) bond motifs is 1. The van der Waals surface area contributed by atoms with E-state index in [2.05, 4.69) is 57.5 Å². The summed E-state index contributed by atoms with van der Waals surface area (Å²) >= 11 is 3.70. The highest BCUT2D eigenvalue weighted by atomic mass is 79.9. The van der Waals surface area contributed by atoms with Crippen LogP contribution in [0.25, 0.3) is 11.0 Å². The number of nitrogens with zero attached hydrogens (tertiary/aromatic N) is 1. The fourth-order valence-corrected chi connectivity index (χ4v) is 12.2. The molecule has 1 aliphatic rings. The molecule has 2 heterocycles. The number of rotatable bonds is 7.